The Kier molecular flexibility index (Phi) is 8.68. The van der Waals surface area contributed by atoms with Crippen LogP contribution in [-0.2, 0) is 4.79 Å². The molecule has 10 heteroatoms. The zero-order valence-electron chi connectivity index (χ0n) is 21.8. The summed E-state index contributed by atoms with van der Waals surface area (Å²) in [6.07, 6.45) is 5.17. The van der Waals surface area contributed by atoms with E-state index in [2.05, 4.69) is 5.32 Å². The molecule has 1 N–H and O–H groups in total. The molecule has 9 nitrogen and oxygen atoms in total. The SMILES string of the molecule is COc1ccc(Cl)cc1N(C(=O)c1ccco1)C(C(=O)NC1CCCC1)c1cc(OC)c(OC)c(OC)c1. The Hall–Kier alpha value is -3.85. The fourth-order valence-electron chi connectivity index (χ4n) is 4.76. The molecule has 2 amide bonds. The largest absolute Gasteiger partial charge is 0.495 e. The first kappa shape index (κ1) is 27.2. The summed E-state index contributed by atoms with van der Waals surface area (Å²) in [5.41, 5.74) is 0.721. The van der Waals surface area contributed by atoms with Crippen LogP contribution < -0.4 is 29.2 Å². The van der Waals surface area contributed by atoms with Gasteiger partial charge in [-0.05, 0) is 60.9 Å². The van der Waals surface area contributed by atoms with Crippen molar-refractivity contribution in [2.45, 2.75) is 37.8 Å². The summed E-state index contributed by atoms with van der Waals surface area (Å²) in [6.45, 7) is 0. The molecule has 0 spiro atoms. The molecule has 1 aliphatic carbocycles. The highest BCUT2D eigenvalue weighted by Crippen LogP contribution is 2.44. The van der Waals surface area contributed by atoms with Crippen LogP contribution in [0.25, 0.3) is 0 Å². The highest BCUT2D eigenvalue weighted by molar-refractivity contribution is 6.31. The standard InChI is InChI=1S/C28H31ClN2O7/c1-34-21-12-11-18(29)16-20(21)31(28(33)22-10-7-13-38-22)25(27(32)30-19-8-5-6-9-19)17-14-23(35-2)26(37-4)24(15-17)36-3/h7,10-16,19,25H,5-6,8-9H2,1-4H3,(H,30,32). The first-order valence-corrected chi connectivity index (χ1v) is 12.6. The van der Waals surface area contributed by atoms with Gasteiger partial charge in [-0.1, -0.05) is 24.4 Å². The maximum Gasteiger partial charge on any atom is 0.295 e. The maximum absolute atomic E-state index is 14.1. The van der Waals surface area contributed by atoms with Crippen molar-refractivity contribution < 1.29 is 33.0 Å². The second-order valence-corrected chi connectivity index (χ2v) is 9.26. The first-order valence-electron chi connectivity index (χ1n) is 12.2. The van der Waals surface area contributed by atoms with Crippen molar-refractivity contribution in [2.24, 2.45) is 0 Å². The Bertz CT molecular complexity index is 1250. The fourth-order valence-corrected chi connectivity index (χ4v) is 4.93. The lowest BCUT2D eigenvalue weighted by atomic mass is 10.00. The number of ether oxygens (including phenoxy) is 4. The number of rotatable bonds is 10. The van der Waals surface area contributed by atoms with Crippen molar-refractivity contribution in [3.05, 3.63) is 65.1 Å². The summed E-state index contributed by atoms with van der Waals surface area (Å²) < 4.78 is 27.7. The first-order chi connectivity index (χ1) is 18.4. The zero-order valence-corrected chi connectivity index (χ0v) is 22.5. The van der Waals surface area contributed by atoms with E-state index in [4.69, 9.17) is 35.0 Å². The van der Waals surface area contributed by atoms with Gasteiger partial charge in [0.05, 0.1) is 40.4 Å². The lowest BCUT2D eigenvalue weighted by Crippen LogP contribution is -2.46. The van der Waals surface area contributed by atoms with Gasteiger partial charge in [0.1, 0.15) is 11.8 Å². The molecular weight excluding hydrogens is 512 g/mol. The van der Waals surface area contributed by atoms with Crippen molar-refractivity contribution in [3.8, 4) is 23.0 Å². The van der Waals surface area contributed by atoms with Gasteiger partial charge in [-0.15, -0.1) is 0 Å². The summed E-state index contributed by atoms with van der Waals surface area (Å²) in [5, 5.41) is 3.49. The van der Waals surface area contributed by atoms with Crippen LogP contribution in [0.15, 0.2) is 53.1 Å². The lowest BCUT2D eigenvalue weighted by Gasteiger charge is -2.33. The monoisotopic (exact) mass is 542 g/mol. The van der Waals surface area contributed by atoms with Crippen molar-refractivity contribution in [2.75, 3.05) is 33.3 Å². The van der Waals surface area contributed by atoms with E-state index in [1.165, 1.54) is 45.7 Å². The fraction of sp³-hybridized carbons (Fsp3) is 0.357. The molecule has 0 radical (unpaired) electrons. The zero-order chi connectivity index (χ0) is 27.2. The van der Waals surface area contributed by atoms with Crippen LogP contribution in [0.1, 0.15) is 47.8 Å². The number of amides is 2. The molecule has 1 saturated carbocycles. The molecule has 1 fully saturated rings. The molecule has 0 saturated heterocycles. The van der Waals surface area contributed by atoms with Gasteiger partial charge in [-0.3, -0.25) is 14.5 Å². The van der Waals surface area contributed by atoms with Gasteiger partial charge in [0.2, 0.25) is 11.7 Å². The Morgan fingerprint density at radius 2 is 1.61 bits per heavy atom. The van der Waals surface area contributed by atoms with Crippen molar-refractivity contribution in [3.63, 3.8) is 0 Å². The van der Waals surface area contributed by atoms with Crippen LogP contribution in [0, 0.1) is 0 Å². The van der Waals surface area contributed by atoms with E-state index in [0.29, 0.717) is 39.3 Å². The van der Waals surface area contributed by atoms with E-state index in [-0.39, 0.29) is 17.7 Å². The number of carbonyl (C=O) groups is 2. The average Bonchev–Trinajstić information content (AvgIpc) is 3.65. The minimum atomic E-state index is -1.17. The second kappa shape index (κ2) is 12.1. The third kappa shape index (κ3) is 5.52. The van der Waals surface area contributed by atoms with Crippen molar-refractivity contribution >= 4 is 29.1 Å². The van der Waals surface area contributed by atoms with Gasteiger partial charge in [-0.2, -0.15) is 0 Å². The van der Waals surface area contributed by atoms with Gasteiger partial charge in [0.15, 0.2) is 17.3 Å². The molecule has 0 bridgehead atoms. The maximum atomic E-state index is 14.1. The number of hydrogen-bond donors (Lipinski definition) is 1. The molecule has 3 aromatic rings. The van der Waals surface area contributed by atoms with E-state index in [9.17, 15) is 9.59 Å². The Morgan fingerprint density at radius 1 is 0.947 bits per heavy atom. The van der Waals surface area contributed by atoms with E-state index in [0.717, 1.165) is 25.7 Å². The summed E-state index contributed by atoms with van der Waals surface area (Å²) in [7, 11) is 5.95. The third-order valence-electron chi connectivity index (χ3n) is 6.56. The predicted molar refractivity (Wildman–Crippen MR) is 143 cm³/mol. The summed E-state index contributed by atoms with van der Waals surface area (Å²) in [6, 6.07) is 10.1. The van der Waals surface area contributed by atoms with Crippen LogP contribution in [-0.4, -0.2) is 46.3 Å². The smallest absolute Gasteiger partial charge is 0.295 e. The molecule has 1 unspecified atom stereocenters. The van der Waals surface area contributed by atoms with Crippen molar-refractivity contribution in [1.29, 1.82) is 0 Å². The minimum absolute atomic E-state index is 0.00568. The van der Waals surface area contributed by atoms with E-state index in [1.807, 2.05) is 0 Å². The number of furan rings is 1. The second-order valence-electron chi connectivity index (χ2n) is 8.82. The van der Waals surface area contributed by atoms with E-state index < -0.39 is 11.9 Å². The van der Waals surface area contributed by atoms with Crippen LogP contribution in [0.3, 0.4) is 0 Å². The lowest BCUT2D eigenvalue weighted by molar-refractivity contribution is -0.123. The minimum Gasteiger partial charge on any atom is -0.495 e. The predicted octanol–water partition coefficient (Wildman–Crippen LogP) is 5.41. The number of benzene rings is 2. The van der Waals surface area contributed by atoms with Crippen LogP contribution >= 0.6 is 11.6 Å². The summed E-state index contributed by atoms with van der Waals surface area (Å²) >= 11 is 6.38. The average molecular weight is 543 g/mol. The Morgan fingerprint density at radius 3 is 2.16 bits per heavy atom. The molecule has 202 valence electrons. The third-order valence-corrected chi connectivity index (χ3v) is 6.80. The van der Waals surface area contributed by atoms with Gasteiger partial charge in [-0.25, -0.2) is 0 Å². The van der Waals surface area contributed by atoms with Crippen LogP contribution in [0.4, 0.5) is 5.69 Å². The number of halogens is 1. The van der Waals surface area contributed by atoms with Crippen molar-refractivity contribution in [1.82, 2.24) is 5.32 Å². The highest BCUT2D eigenvalue weighted by Gasteiger charge is 2.38. The molecule has 38 heavy (non-hydrogen) atoms. The molecule has 1 aliphatic rings. The Balaban J connectivity index is 1.96. The number of anilines is 1. The van der Waals surface area contributed by atoms with Gasteiger partial charge in [0.25, 0.3) is 5.91 Å². The molecule has 1 aromatic heterocycles. The molecule has 1 atom stereocenters. The van der Waals surface area contributed by atoms with Gasteiger partial charge < -0.3 is 28.7 Å². The highest BCUT2D eigenvalue weighted by atomic mass is 35.5. The van der Waals surface area contributed by atoms with Gasteiger partial charge >= 0.3 is 0 Å². The van der Waals surface area contributed by atoms with E-state index in [1.54, 1.807) is 36.4 Å². The summed E-state index contributed by atoms with van der Waals surface area (Å²) in [5.74, 6) is 0.480. The van der Waals surface area contributed by atoms with Crippen LogP contribution in [0.5, 0.6) is 23.0 Å². The topological polar surface area (TPSA) is 99.5 Å². The molecule has 1 heterocycles. The molecule has 4 rings (SSSR count). The number of nitrogens with zero attached hydrogens (tertiary/aromatic N) is 1. The quantitative estimate of drug-likeness (QED) is 0.365. The van der Waals surface area contributed by atoms with Crippen LogP contribution in [0.2, 0.25) is 5.02 Å². The number of carbonyl (C=O) groups excluding carboxylic acids is 2. The number of nitrogens with one attached hydrogen (secondary N) is 1. The normalized spacial score (nSPS) is 14.0. The van der Waals surface area contributed by atoms with Gasteiger partial charge in [0, 0.05) is 11.1 Å². The number of hydrogen-bond acceptors (Lipinski definition) is 7. The Labute approximate surface area is 226 Å². The molecule has 2 aromatic carbocycles. The molecule has 0 aliphatic heterocycles. The number of methoxy groups -OCH3 is 4. The van der Waals surface area contributed by atoms with E-state index >= 15 is 0 Å². The summed E-state index contributed by atoms with van der Waals surface area (Å²) in [4.78, 5) is 29.5. The molecular formula is C28H31ClN2O7.